The first-order valence-electron chi connectivity index (χ1n) is 5.68. The molecule has 7 nitrogen and oxygen atoms in total. The van der Waals surface area contributed by atoms with Crippen molar-refractivity contribution in [3.05, 3.63) is 30.4 Å². The largest absolute Gasteiger partial charge is 0.396 e. The lowest BCUT2D eigenvalue weighted by atomic mass is 10.5. The van der Waals surface area contributed by atoms with Crippen LogP contribution in [-0.2, 0) is 17.9 Å². The molecule has 0 atom stereocenters. The van der Waals surface area contributed by atoms with Crippen LogP contribution in [0.3, 0.4) is 0 Å². The highest BCUT2D eigenvalue weighted by atomic mass is 16.2. The zero-order chi connectivity index (χ0) is 13.0. The van der Waals surface area contributed by atoms with E-state index in [1.165, 1.54) is 10.9 Å². The molecule has 2 aromatic rings. The number of nitrogen functional groups attached to an aromatic ring is 1. The van der Waals surface area contributed by atoms with Crippen molar-refractivity contribution < 1.29 is 4.79 Å². The molecule has 0 aliphatic rings. The lowest BCUT2D eigenvalue weighted by molar-refractivity contribution is -0.121. The second kappa shape index (κ2) is 5.35. The molecule has 0 aromatic carbocycles. The van der Waals surface area contributed by atoms with Crippen LogP contribution in [-0.4, -0.2) is 32.0 Å². The highest BCUT2D eigenvalue weighted by molar-refractivity contribution is 5.75. The van der Waals surface area contributed by atoms with E-state index in [2.05, 4.69) is 15.5 Å². The topological polar surface area (TPSA) is 90.8 Å². The van der Waals surface area contributed by atoms with Crippen molar-refractivity contribution in [3.63, 3.8) is 0 Å². The van der Waals surface area contributed by atoms with E-state index >= 15 is 0 Å². The van der Waals surface area contributed by atoms with Gasteiger partial charge in [-0.15, -0.1) is 0 Å². The van der Waals surface area contributed by atoms with E-state index in [0.717, 1.165) is 5.69 Å². The van der Waals surface area contributed by atoms with Crippen LogP contribution >= 0.6 is 0 Å². The SMILES string of the molecule is Cc1ccn(CCNC(=O)Cn2cc(N)cn2)n1. The third-order valence-corrected chi connectivity index (χ3v) is 2.40. The van der Waals surface area contributed by atoms with E-state index in [4.69, 9.17) is 5.73 Å². The maximum atomic E-state index is 11.6. The number of nitrogens with one attached hydrogen (secondary N) is 1. The Morgan fingerprint density at radius 2 is 2.33 bits per heavy atom. The smallest absolute Gasteiger partial charge is 0.241 e. The van der Waals surface area contributed by atoms with Gasteiger partial charge in [-0.05, 0) is 13.0 Å². The van der Waals surface area contributed by atoms with Crippen LogP contribution in [0.25, 0.3) is 0 Å². The molecule has 2 aromatic heterocycles. The normalized spacial score (nSPS) is 10.5. The lowest BCUT2D eigenvalue weighted by Gasteiger charge is -2.05. The minimum atomic E-state index is -0.0954. The molecular formula is C11H16N6O. The van der Waals surface area contributed by atoms with Gasteiger partial charge in [0, 0.05) is 18.9 Å². The van der Waals surface area contributed by atoms with Gasteiger partial charge in [0.1, 0.15) is 6.54 Å². The summed E-state index contributed by atoms with van der Waals surface area (Å²) in [7, 11) is 0. The third kappa shape index (κ3) is 3.34. The molecule has 0 radical (unpaired) electrons. The van der Waals surface area contributed by atoms with E-state index < -0.39 is 0 Å². The van der Waals surface area contributed by atoms with Crippen molar-refractivity contribution in [1.82, 2.24) is 24.9 Å². The van der Waals surface area contributed by atoms with E-state index in [1.54, 1.807) is 10.9 Å². The number of hydrogen-bond acceptors (Lipinski definition) is 4. The van der Waals surface area contributed by atoms with Gasteiger partial charge in [0.15, 0.2) is 0 Å². The van der Waals surface area contributed by atoms with E-state index in [0.29, 0.717) is 18.8 Å². The molecule has 0 unspecified atom stereocenters. The van der Waals surface area contributed by atoms with Crippen LogP contribution in [0.5, 0.6) is 0 Å². The molecule has 0 aliphatic carbocycles. The summed E-state index contributed by atoms with van der Waals surface area (Å²) in [5.41, 5.74) is 7.02. The van der Waals surface area contributed by atoms with Crippen LogP contribution in [0.2, 0.25) is 0 Å². The summed E-state index contributed by atoms with van der Waals surface area (Å²) in [5.74, 6) is -0.0954. The van der Waals surface area contributed by atoms with Crippen LogP contribution in [0.1, 0.15) is 5.69 Å². The summed E-state index contributed by atoms with van der Waals surface area (Å²) in [5, 5.41) is 11.0. The number of aryl methyl sites for hydroxylation is 1. The number of aromatic nitrogens is 4. The fourth-order valence-corrected chi connectivity index (χ4v) is 1.57. The van der Waals surface area contributed by atoms with Gasteiger partial charge in [-0.2, -0.15) is 10.2 Å². The second-order valence-corrected chi connectivity index (χ2v) is 4.04. The summed E-state index contributed by atoms with van der Waals surface area (Å²) in [4.78, 5) is 11.6. The van der Waals surface area contributed by atoms with Gasteiger partial charge < -0.3 is 11.1 Å². The van der Waals surface area contributed by atoms with Crippen molar-refractivity contribution in [2.75, 3.05) is 12.3 Å². The van der Waals surface area contributed by atoms with Gasteiger partial charge in [-0.1, -0.05) is 0 Å². The molecule has 2 heterocycles. The van der Waals surface area contributed by atoms with Gasteiger partial charge in [0.25, 0.3) is 0 Å². The van der Waals surface area contributed by atoms with Crippen molar-refractivity contribution >= 4 is 11.6 Å². The molecule has 0 saturated carbocycles. The highest BCUT2D eigenvalue weighted by Gasteiger charge is 2.03. The highest BCUT2D eigenvalue weighted by Crippen LogP contribution is 1.97. The first kappa shape index (κ1) is 12.2. The minimum Gasteiger partial charge on any atom is -0.396 e. The molecule has 96 valence electrons. The summed E-state index contributed by atoms with van der Waals surface area (Å²) in [6, 6.07) is 1.92. The molecule has 0 aliphatic heterocycles. The summed E-state index contributed by atoms with van der Waals surface area (Å²) in [6.07, 6.45) is 5.02. The molecule has 0 bridgehead atoms. The van der Waals surface area contributed by atoms with Crippen molar-refractivity contribution in [2.24, 2.45) is 0 Å². The fraction of sp³-hybridized carbons (Fsp3) is 0.364. The predicted octanol–water partition coefficient (Wildman–Crippen LogP) is -0.213. The monoisotopic (exact) mass is 248 g/mol. The number of carbonyl (C=O) groups excluding carboxylic acids is 1. The average molecular weight is 248 g/mol. The Morgan fingerprint density at radius 3 is 2.94 bits per heavy atom. The van der Waals surface area contributed by atoms with Crippen LogP contribution in [0.15, 0.2) is 24.7 Å². The Hall–Kier alpha value is -2.31. The van der Waals surface area contributed by atoms with Gasteiger partial charge in [-0.3, -0.25) is 14.2 Å². The Balaban J connectivity index is 1.72. The van der Waals surface area contributed by atoms with E-state index in [-0.39, 0.29) is 12.5 Å². The van der Waals surface area contributed by atoms with Crippen molar-refractivity contribution in [1.29, 1.82) is 0 Å². The van der Waals surface area contributed by atoms with Crippen LogP contribution < -0.4 is 11.1 Å². The standard InChI is InChI=1S/C11H16N6O/c1-9-2-4-16(15-9)5-3-13-11(18)8-17-7-10(12)6-14-17/h2,4,6-7H,3,5,8,12H2,1H3,(H,13,18). The Kier molecular flexibility index (Phi) is 3.61. The zero-order valence-corrected chi connectivity index (χ0v) is 10.2. The lowest BCUT2D eigenvalue weighted by Crippen LogP contribution is -2.30. The molecule has 0 saturated heterocycles. The molecule has 0 fully saturated rings. The number of hydrogen-bond donors (Lipinski definition) is 2. The number of rotatable bonds is 5. The van der Waals surface area contributed by atoms with Gasteiger partial charge in [0.05, 0.1) is 24.1 Å². The fourth-order valence-electron chi connectivity index (χ4n) is 1.57. The molecule has 1 amide bonds. The quantitative estimate of drug-likeness (QED) is 0.765. The molecule has 18 heavy (non-hydrogen) atoms. The van der Waals surface area contributed by atoms with Crippen LogP contribution in [0, 0.1) is 6.92 Å². The number of anilines is 1. The number of carbonyl (C=O) groups is 1. The van der Waals surface area contributed by atoms with Crippen molar-refractivity contribution in [3.8, 4) is 0 Å². The van der Waals surface area contributed by atoms with Gasteiger partial charge >= 0.3 is 0 Å². The maximum absolute atomic E-state index is 11.6. The average Bonchev–Trinajstić information content (AvgIpc) is 2.88. The molecule has 0 spiro atoms. The van der Waals surface area contributed by atoms with Crippen LogP contribution in [0.4, 0.5) is 5.69 Å². The molecule has 2 rings (SSSR count). The minimum absolute atomic E-state index is 0.0954. The summed E-state index contributed by atoms with van der Waals surface area (Å²) >= 11 is 0. The first-order chi connectivity index (χ1) is 8.63. The van der Waals surface area contributed by atoms with E-state index in [9.17, 15) is 4.79 Å². The Morgan fingerprint density at radius 1 is 1.50 bits per heavy atom. The zero-order valence-electron chi connectivity index (χ0n) is 10.2. The number of amides is 1. The van der Waals surface area contributed by atoms with Gasteiger partial charge in [0.2, 0.25) is 5.91 Å². The van der Waals surface area contributed by atoms with E-state index in [1.807, 2.05) is 19.2 Å². The first-order valence-corrected chi connectivity index (χ1v) is 5.68. The number of nitrogens with zero attached hydrogens (tertiary/aromatic N) is 4. The second-order valence-electron chi connectivity index (χ2n) is 4.04. The third-order valence-electron chi connectivity index (χ3n) is 2.40. The Labute approximate surface area is 105 Å². The predicted molar refractivity (Wildman–Crippen MR) is 66.6 cm³/mol. The summed E-state index contributed by atoms with van der Waals surface area (Å²) < 4.78 is 3.30. The molecule has 7 heteroatoms. The Bertz CT molecular complexity index is 529. The molecular weight excluding hydrogens is 232 g/mol. The molecule has 3 N–H and O–H groups in total. The maximum Gasteiger partial charge on any atom is 0.241 e. The summed E-state index contributed by atoms with van der Waals surface area (Å²) in [6.45, 7) is 3.30. The number of nitrogens with two attached hydrogens (primary N) is 1. The van der Waals surface area contributed by atoms with Crippen molar-refractivity contribution in [2.45, 2.75) is 20.0 Å². The van der Waals surface area contributed by atoms with Gasteiger partial charge in [-0.25, -0.2) is 0 Å².